The lowest BCUT2D eigenvalue weighted by molar-refractivity contribution is -0.149. The molecule has 1 amide bonds. The Kier molecular flexibility index (Phi) is 4.53. The summed E-state index contributed by atoms with van der Waals surface area (Å²) in [6, 6.07) is 13.5. The third-order valence-electron chi connectivity index (χ3n) is 3.52. The maximum atomic E-state index is 12.1. The predicted octanol–water partition coefficient (Wildman–Crippen LogP) is 2.91. The van der Waals surface area contributed by atoms with E-state index in [4.69, 9.17) is 4.74 Å². The van der Waals surface area contributed by atoms with E-state index in [1.54, 1.807) is 11.3 Å². The van der Waals surface area contributed by atoms with Crippen LogP contribution in [0.25, 0.3) is 0 Å². The Morgan fingerprint density at radius 2 is 1.95 bits per heavy atom. The SMILES string of the molecule is O=C(COC(=O)C1CC1)NC(c1ccccc1)c1cccs1. The van der Waals surface area contributed by atoms with Crippen molar-refractivity contribution in [1.82, 2.24) is 5.32 Å². The average Bonchev–Trinajstić information content (AvgIpc) is 3.27. The molecule has 1 aliphatic carbocycles. The highest BCUT2D eigenvalue weighted by molar-refractivity contribution is 7.10. The van der Waals surface area contributed by atoms with Crippen molar-refractivity contribution in [2.75, 3.05) is 6.61 Å². The van der Waals surface area contributed by atoms with Crippen molar-refractivity contribution in [1.29, 1.82) is 0 Å². The van der Waals surface area contributed by atoms with Gasteiger partial charge in [-0.1, -0.05) is 36.4 Å². The Labute approximate surface area is 133 Å². The Bertz CT molecular complexity index is 635. The van der Waals surface area contributed by atoms with Crippen LogP contribution in [0.5, 0.6) is 0 Å². The normalized spacial score (nSPS) is 15.1. The summed E-state index contributed by atoms with van der Waals surface area (Å²) in [6.45, 7) is -0.218. The van der Waals surface area contributed by atoms with Gasteiger partial charge in [0.2, 0.25) is 0 Å². The monoisotopic (exact) mass is 315 g/mol. The summed E-state index contributed by atoms with van der Waals surface area (Å²) in [7, 11) is 0. The standard InChI is InChI=1S/C17H17NO3S/c19-15(11-21-17(20)13-8-9-13)18-16(14-7-4-10-22-14)12-5-2-1-3-6-12/h1-7,10,13,16H,8-9,11H2,(H,18,19). The second kappa shape index (κ2) is 6.75. The third-order valence-corrected chi connectivity index (χ3v) is 4.46. The molecule has 4 nitrogen and oxygen atoms in total. The van der Waals surface area contributed by atoms with Crippen LogP contribution in [0.2, 0.25) is 0 Å². The molecule has 1 aliphatic rings. The van der Waals surface area contributed by atoms with Gasteiger partial charge in [-0.05, 0) is 29.9 Å². The molecule has 1 aromatic carbocycles. The van der Waals surface area contributed by atoms with Gasteiger partial charge >= 0.3 is 5.97 Å². The number of esters is 1. The molecule has 0 radical (unpaired) electrons. The predicted molar refractivity (Wildman–Crippen MR) is 84.4 cm³/mol. The minimum Gasteiger partial charge on any atom is -0.455 e. The molecule has 1 fully saturated rings. The Hall–Kier alpha value is -2.14. The van der Waals surface area contributed by atoms with Gasteiger partial charge in [0.15, 0.2) is 6.61 Å². The van der Waals surface area contributed by atoms with Gasteiger partial charge in [-0.15, -0.1) is 11.3 Å². The van der Waals surface area contributed by atoms with Crippen LogP contribution < -0.4 is 5.32 Å². The highest BCUT2D eigenvalue weighted by Crippen LogP contribution is 2.30. The van der Waals surface area contributed by atoms with Crippen molar-refractivity contribution in [3.05, 3.63) is 58.3 Å². The lowest BCUT2D eigenvalue weighted by atomic mass is 10.1. The number of ether oxygens (including phenoxy) is 1. The van der Waals surface area contributed by atoms with Crippen LogP contribution in [0.4, 0.5) is 0 Å². The summed E-state index contributed by atoms with van der Waals surface area (Å²) in [6.07, 6.45) is 1.75. The number of carbonyl (C=O) groups is 2. The fourth-order valence-corrected chi connectivity index (χ4v) is 3.00. The molecule has 22 heavy (non-hydrogen) atoms. The van der Waals surface area contributed by atoms with E-state index in [9.17, 15) is 9.59 Å². The topological polar surface area (TPSA) is 55.4 Å². The number of hydrogen-bond acceptors (Lipinski definition) is 4. The van der Waals surface area contributed by atoms with Crippen molar-refractivity contribution in [2.24, 2.45) is 5.92 Å². The smallest absolute Gasteiger partial charge is 0.309 e. The maximum absolute atomic E-state index is 12.1. The van der Waals surface area contributed by atoms with E-state index in [0.29, 0.717) is 0 Å². The first kappa shape index (κ1) is 14.8. The molecule has 2 aromatic rings. The molecule has 1 unspecified atom stereocenters. The van der Waals surface area contributed by atoms with E-state index < -0.39 is 0 Å². The van der Waals surface area contributed by atoms with Crippen LogP contribution in [-0.4, -0.2) is 18.5 Å². The van der Waals surface area contributed by atoms with Crippen molar-refractivity contribution < 1.29 is 14.3 Å². The first-order chi connectivity index (χ1) is 10.7. The quantitative estimate of drug-likeness (QED) is 0.834. The average molecular weight is 315 g/mol. The van der Waals surface area contributed by atoms with E-state index in [2.05, 4.69) is 5.32 Å². The highest BCUT2D eigenvalue weighted by Gasteiger charge is 2.31. The van der Waals surface area contributed by atoms with E-state index in [0.717, 1.165) is 23.3 Å². The van der Waals surface area contributed by atoms with Crippen molar-refractivity contribution in [3.8, 4) is 0 Å². The van der Waals surface area contributed by atoms with Gasteiger partial charge in [0, 0.05) is 4.88 Å². The van der Waals surface area contributed by atoms with Crippen LogP contribution in [0, 0.1) is 5.92 Å². The molecule has 1 saturated carbocycles. The summed E-state index contributed by atoms with van der Waals surface area (Å²) >= 11 is 1.58. The molecule has 0 aliphatic heterocycles. The third kappa shape index (κ3) is 3.74. The second-order valence-electron chi connectivity index (χ2n) is 5.31. The van der Waals surface area contributed by atoms with Crippen molar-refractivity contribution in [2.45, 2.75) is 18.9 Å². The molecule has 0 saturated heterocycles. The van der Waals surface area contributed by atoms with E-state index >= 15 is 0 Å². The summed E-state index contributed by atoms with van der Waals surface area (Å²) in [5.41, 5.74) is 1.01. The largest absolute Gasteiger partial charge is 0.455 e. The van der Waals surface area contributed by atoms with E-state index in [1.807, 2.05) is 47.8 Å². The number of hydrogen-bond donors (Lipinski definition) is 1. The molecule has 5 heteroatoms. The number of nitrogens with one attached hydrogen (secondary N) is 1. The van der Waals surface area contributed by atoms with E-state index in [1.165, 1.54) is 0 Å². The van der Waals surface area contributed by atoms with Gasteiger partial charge < -0.3 is 10.1 Å². The summed E-state index contributed by atoms with van der Waals surface area (Å²) in [4.78, 5) is 24.6. The lowest BCUT2D eigenvalue weighted by Gasteiger charge is -2.18. The number of benzene rings is 1. The van der Waals surface area contributed by atoms with Crippen LogP contribution in [0.3, 0.4) is 0 Å². The molecular weight excluding hydrogens is 298 g/mol. The van der Waals surface area contributed by atoms with Gasteiger partial charge in [-0.25, -0.2) is 0 Å². The van der Waals surface area contributed by atoms with Gasteiger partial charge in [0.05, 0.1) is 12.0 Å². The molecule has 0 spiro atoms. The molecular formula is C17H17NO3S. The minimum absolute atomic E-state index is 0.00927. The number of thiophene rings is 1. The van der Waals surface area contributed by atoms with Crippen LogP contribution in [0.15, 0.2) is 47.8 Å². The van der Waals surface area contributed by atoms with E-state index in [-0.39, 0.29) is 30.4 Å². The minimum atomic E-state index is -0.281. The lowest BCUT2D eigenvalue weighted by Crippen LogP contribution is -2.32. The summed E-state index contributed by atoms with van der Waals surface area (Å²) < 4.78 is 5.03. The second-order valence-corrected chi connectivity index (χ2v) is 6.29. The first-order valence-corrected chi connectivity index (χ1v) is 8.16. The summed E-state index contributed by atoms with van der Waals surface area (Å²) in [5.74, 6) is -0.534. The van der Waals surface area contributed by atoms with Gasteiger partial charge in [0.25, 0.3) is 5.91 Å². The molecule has 1 N–H and O–H groups in total. The molecule has 1 heterocycles. The fourth-order valence-electron chi connectivity index (χ4n) is 2.20. The zero-order valence-corrected chi connectivity index (χ0v) is 12.8. The fraction of sp³-hybridized carbons (Fsp3) is 0.294. The van der Waals surface area contributed by atoms with Gasteiger partial charge in [-0.3, -0.25) is 9.59 Å². The van der Waals surface area contributed by atoms with Crippen molar-refractivity contribution >= 4 is 23.2 Å². The molecule has 114 valence electrons. The number of carbonyl (C=O) groups excluding carboxylic acids is 2. The summed E-state index contributed by atoms with van der Waals surface area (Å²) in [5, 5.41) is 4.92. The maximum Gasteiger partial charge on any atom is 0.309 e. The Morgan fingerprint density at radius 1 is 1.18 bits per heavy atom. The molecule has 1 aromatic heterocycles. The van der Waals surface area contributed by atoms with Crippen molar-refractivity contribution in [3.63, 3.8) is 0 Å². The molecule has 3 rings (SSSR count). The van der Waals surface area contributed by atoms with Crippen LogP contribution in [-0.2, 0) is 14.3 Å². The van der Waals surface area contributed by atoms with Crippen LogP contribution >= 0.6 is 11.3 Å². The first-order valence-electron chi connectivity index (χ1n) is 7.28. The van der Waals surface area contributed by atoms with Crippen LogP contribution in [0.1, 0.15) is 29.3 Å². The zero-order chi connectivity index (χ0) is 15.4. The highest BCUT2D eigenvalue weighted by atomic mass is 32.1. The zero-order valence-electron chi connectivity index (χ0n) is 12.0. The number of amides is 1. The Balaban J connectivity index is 1.65. The Morgan fingerprint density at radius 3 is 2.59 bits per heavy atom. The molecule has 0 bridgehead atoms. The number of rotatable bonds is 6. The molecule has 1 atom stereocenters. The van der Waals surface area contributed by atoms with Gasteiger partial charge in [-0.2, -0.15) is 0 Å². The van der Waals surface area contributed by atoms with Gasteiger partial charge in [0.1, 0.15) is 0 Å².